The van der Waals surface area contributed by atoms with Crippen LogP contribution in [0.25, 0.3) is 11.0 Å². The van der Waals surface area contributed by atoms with Gasteiger partial charge in [0.15, 0.2) is 0 Å². The standard InChI is InChI=1S/C16H19N3O4/c1-16(2,3)8-5-6-10-9(7-8)12(20)11(13(17)21)14(23-10)19-15(22)18-4/h5-7H,1-4H3,(H2,17,21)(H2,18,19,22). The zero-order valence-corrected chi connectivity index (χ0v) is 13.4. The van der Waals surface area contributed by atoms with Crippen LogP contribution in [0, 0.1) is 0 Å². The van der Waals surface area contributed by atoms with Crippen LogP contribution in [0.2, 0.25) is 0 Å². The Balaban J connectivity index is 2.77. The van der Waals surface area contributed by atoms with Crippen LogP contribution in [0.1, 0.15) is 36.7 Å². The van der Waals surface area contributed by atoms with Crippen LogP contribution in [0.4, 0.5) is 10.7 Å². The molecule has 7 nitrogen and oxygen atoms in total. The summed E-state index contributed by atoms with van der Waals surface area (Å²) in [4.78, 5) is 35.7. The third-order valence-electron chi connectivity index (χ3n) is 3.46. The van der Waals surface area contributed by atoms with Crippen LogP contribution >= 0.6 is 0 Å². The van der Waals surface area contributed by atoms with Crippen molar-refractivity contribution < 1.29 is 14.0 Å². The highest BCUT2D eigenvalue weighted by atomic mass is 16.4. The summed E-state index contributed by atoms with van der Waals surface area (Å²) >= 11 is 0. The average molecular weight is 317 g/mol. The van der Waals surface area contributed by atoms with Gasteiger partial charge in [-0.2, -0.15) is 0 Å². The number of nitrogens with two attached hydrogens (primary N) is 1. The van der Waals surface area contributed by atoms with E-state index < -0.39 is 17.4 Å². The number of rotatable bonds is 2. The van der Waals surface area contributed by atoms with E-state index in [0.717, 1.165) is 5.56 Å². The van der Waals surface area contributed by atoms with E-state index in [4.69, 9.17) is 10.2 Å². The number of hydrogen-bond donors (Lipinski definition) is 3. The number of fused-ring (bicyclic) bond motifs is 1. The molecule has 0 bridgehead atoms. The third kappa shape index (κ3) is 3.18. The molecule has 2 rings (SSSR count). The summed E-state index contributed by atoms with van der Waals surface area (Å²) in [5.41, 5.74) is 5.33. The van der Waals surface area contributed by atoms with Crippen LogP contribution in [0.5, 0.6) is 0 Å². The maximum absolute atomic E-state index is 12.6. The van der Waals surface area contributed by atoms with Crippen molar-refractivity contribution in [3.63, 3.8) is 0 Å². The fraction of sp³-hybridized carbons (Fsp3) is 0.312. The van der Waals surface area contributed by atoms with Gasteiger partial charge in [0.2, 0.25) is 11.3 Å². The molecular weight excluding hydrogens is 298 g/mol. The molecule has 0 saturated carbocycles. The van der Waals surface area contributed by atoms with Crippen LogP contribution in [0.15, 0.2) is 27.4 Å². The molecule has 7 heteroatoms. The number of nitrogens with one attached hydrogen (secondary N) is 2. The van der Waals surface area contributed by atoms with Gasteiger partial charge in [-0.25, -0.2) is 4.79 Å². The predicted octanol–water partition coefficient (Wildman–Crippen LogP) is 1.94. The molecule has 0 saturated heterocycles. The summed E-state index contributed by atoms with van der Waals surface area (Å²) < 4.78 is 5.50. The summed E-state index contributed by atoms with van der Waals surface area (Å²) in [5.74, 6) is -1.23. The Labute approximate surface area is 132 Å². The normalized spacial score (nSPS) is 11.3. The zero-order valence-electron chi connectivity index (χ0n) is 13.4. The molecule has 23 heavy (non-hydrogen) atoms. The highest BCUT2D eigenvalue weighted by molar-refractivity contribution is 6.03. The second kappa shape index (κ2) is 5.75. The molecule has 0 unspecified atom stereocenters. The number of urea groups is 1. The second-order valence-corrected chi connectivity index (χ2v) is 6.16. The molecule has 3 amide bonds. The predicted molar refractivity (Wildman–Crippen MR) is 87.8 cm³/mol. The SMILES string of the molecule is CNC(=O)Nc1oc2ccc(C(C)(C)C)cc2c(=O)c1C(N)=O. The summed E-state index contributed by atoms with van der Waals surface area (Å²) in [7, 11) is 1.40. The highest BCUT2D eigenvalue weighted by Gasteiger charge is 2.22. The second-order valence-electron chi connectivity index (χ2n) is 6.16. The summed E-state index contributed by atoms with van der Waals surface area (Å²) in [6.07, 6.45) is 0. The first-order valence-corrected chi connectivity index (χ1v) is 7.05. The van der Waals surface area contributed by atoms with Gasteiger partial charge in [-0.15, -0.1) is 0 Å². The highest BCUT2D eigenvalue weighted by Crippen LogP contribution is 2.27. The number of anilines is 1. The van der Waals surface area contributed by atoms with E-state index in [0.29, 0.717) is 0 Å². The number of primary amides is 1. The maximum atomic E-state index is 12.6. The molecule has 0 aliphatic carbocycles. The van der Waals surface area contributed by atoms with Crippen LogP contribution < -0.4 is 21.8 Å². The molecular formula is C16H19N3O4. The summed E-state index contributed by atoms with van der Waals surface area (Å²) in [6.45, 7) is 6.02. The van der Waals surface area contributed by atoms with Gasteiger partial charge >= 0.3 is 6.03 Å². The van der Waals surface area contributed by atoms with Gasteiger partial charge in [-0.3, -0.25) is 14.9 Å². The fourth-order valence-electron chi connectivity index (χ4n) is 2.14. The summed E-state index contributed by atoms with van der Waals surface area (Å²) in [5, 5.41) is 4.86. The van der Waals surface area contributed by atoms with Gasteiger partial charge in [0.05, 0.1) is 5.39 Å². The minimum absolute atomic E-state index is 0.174. The van der Waals surface area contributed by atoms with Crippen molar-refractivity contribution in [2.45, 2.75) is 26.2 Å². The minimum Gasteiger partial charge on any atom is -0.439 e. The van der Waals surface area contributed by atoms with E-state index in [9.17, 15) is 14.4 Å². The lowest BCUT2D eigenvalue weighted by Crippen LogP contribution is -2.29. The Kier molecular flexibility index (Phi) is 4.14. The lowest BCUT2D eigenvalue weighted by atomic mass is 9.86. The number of amides is 3. The zero-order chi connectivity index (χ0) is 17.4. The Bertz CT molecular complexity index is 847. The number of carbonyl (C=O) groups excluding carboxylic acids is 2. The Morgan fingerprint density at radius 3 is 2.39 bits per heavy atom. The lowest BCUT2D eigenvalue weighted by molar-refractivity contribution is 0.0999. The average Bonchev–Trinajstić information content (AvgIpc) is 2.45. The number of carbonyl (C=O) groups is 2. The third-order valence-corrected chi connectivity index (χ3v) is 3.46. The molecule has 1 aromatic carbocycles. The molecule has 0 aliphatic heterocycles. The largest absolute Gasteiger partial charge is 0.439 e. The Hall–Kier alpha value is -2.83. The molecule has 2 aromatic rings. The van der Waals surface area contributed by atoms with Crippen LogP contribution in [0.3, 0.4) is 0 Å². The Morgan fingerprint density at radius 2 is 1.87 bits per heavy atom. The molecule has 1 heterocycles. The van der Waals surface area contributed by atoms with Crippen molar-refractivity contribution in [1.82, 2.24) is 5.32 Å². The van der Waals surface area contributed by atoms with Crippen molar-refractivity contribution in [2.75, 3.05) is 12.4 Å². The molecule has 122 valence electrons. The van der Waals surface area contributed by atoms with E-state index in [1.165, 1.54) is 7.05 Å². The van der Waals surface area contributed by atoms with Gasteiger partial charge in [0.25, 0.3) is 5.91 Å². The van der Waals surface area contributed by atoms with Crippen molar-refractivity contribution >= 4 is 28.8 Å². The topological polar surface area (TPSA) is 114 Å². The van der Waals surface area contributed by atoms with E-state index in [2.05, 4.69) is 10.6 Å². The van der Waals surface area contributed by atoms with Crippen molar-refractivity contribution in [3.8, 4) is 0 Å². The maximum Gasteiger partial charge on any atom is 0.321 e. The van der Waals surface area contributed by atoms with Gasteiger partial charge < -0.3 is 15.5 Å². The van der Waals surface area contributed by atoms with E-state index in [1.807, 2.05) is 26.8 Å². The Morgan fingerprint density at radius 1 is 1.22 bits per heavy atom. The van der Waals surface area contributed by atoms with Gasteiger partial charge in [-0.05, 0) is 23.1 Å². The van der Waals surface area contributed by atoms with Crippen molar-refractivity contribution in [2.24, 2.45) is 5.73 Å². The molecule has 0 aliphatic rings. The van der Waals surface area contributed by atoms with Gasteiger partial charge in [0.1, 0.15) is 11.1 Å². The lowest BCUT2D eigenvalue weighted by Gasteiger charge is -2.19. The smallest absolute Gasteiger partial charge is 0.321 e. The molecule has 4 N–H and O–H groups in total. The monoisotopic (exact) mass is 317 g/mol. The quantitative estimate of drug-likeness (QED) is 0.785. The number of hydrogen-bond acceptors (Lipinski definition) is 4. The summed E-state index contributed by atoms with van der Waals surface area (Å²) in [6, 6.07) is 4.52. The molecule has 0 fully saturated rings. The van der Waals surface area contributed by atoms with Gasteiger partial charge in [-0.1, -0.05) is 26.8 Å². The fourth-order valence-corrected chi connectivity index (χ4v) is 2.14. The minimum atomic E-state index is -0.965. The first-order chi connectivity index (χ1) is 10.6. The molecule has 1 aromatic heterocycles. The molecule has 0 radical (unpaired) electrons. The van der Waals surface area contributed by atoms with E-state index >= 15 is 0 Å². The first-order valence-electron chi connectivity index (χ1n) is 7.05. The van der Waals surface area contributed by atoms with Crippen LogP contribution in [-0.4, -0.2) is 19.0 Å². The van der Waals surface area contributed by atoms with Crippen molar-refractivity contribution in [3.05, 3.63) is 39.5 Å². The molecule has 0 spiro atoms. The van der Waals surface area contributed by atoms with E-state index in [-0.39, 0.29) is 27.8 Å². The van der Waals surface area contributed by atoms with Gasteiger partial charge in [0, 0.05) is 7.05 Å². The van der Waals surface area contributed by atoms with E-state index in [1.54, 1.807) is 12.1 Å². The van der Waals surface area contributed by atoms with Crippen LogP contribution in [-0.2, 0) is 5.41 Å². The molecule has 0 atom stereocenters. The van der Waals surface area contributed by atoms with Crippen molar-refractivity contribution in [1.29, 1.82) is 0 Å². The number of benzene rings is 1. The first kappa shape index (κ1) is 16.5.